The number of anilines is 1. The predicted octanol–water partition coefficient (Wildman–Crippen LogP) is 2.58. The van der Waals surface area contributed by atoms with E-state index in [0.717, 1.165) is 17.8 Å². The minimum atomic E-state index is -0.392. The van der Waals surface area contributed by atoms with Crippen molar-refractivity contribution in [3.8, 4) is 0 Å². The van der Waals surface area contributed by atoms with E-state index in [1.54, 1.807) is 4.90 Å². The molecule has 0 unspecified atom stereocenters. The quantitative estimate of drug-likeness (QED) is 0.903. The van der Waals surface area contributed by atoms with Gasteiger partial charge in [0.25, 0.3) is 0 Å². The van der Waals surface area contributed by atoms with Crippen LogP contribution in [0, 0.1) is 0 Å². The van der Waals surface area contributed by atoms with Gasteiger partial charge in [-0.15, -0.1) is 0 Å². The Bertz CT molecular complexity index is 517. The Morgan fingerprint density at radius 1 is 1.37 bits per heavy atom. The van der Waals surface area contributed by atoms with Crippen LogP contribution >= 0.6 is 0 Å². The lowest BCUT2D eigenvalue weighted by molar-refractivity contribution is -0.121. The summed E-state index contributed by atoms with van der Waals surface area (Å²) in [7, 11) is 1.86. The fraction of sp³-hybridized carbons (Fsp3) is 0.562. The third kappa shape index (κ3) is 1.96. The highest BCUT2D eigenvalue weighted by Crippen LogP contribution is 2.41. The fourth-order valence-electron chi connectivity index (χ4n) is 3.00. The van der Waals surface area contributed by atoms with Crippen molar-refractivity contribution in [3.63, 3.8) is 0 Å². The second-order valence-corrected chi connectivity index (χ2v) is 6.35. The van der Waals surface area contributed by atoms with Crippen molar-refractivity contribution in [2.24, 2.45) is 0 Å². The average Bonchev–Trinajstić information content (AvgIpc) is 2.50. The molecular formula is C16H22N2O. The lowest BCUT2D eigenvalue weighted by atomic mass is 9.85. The van der Waals surface area contributed by atoms with Gasteiger partial charge in [-0.05, 0) is 43.9 Å². The van der Waals surface area contributed by atoms with Crippen LogP contribution in [0.1, 0.15) is 44.2 Å². The van der Waals surface area contributed by atoms with Crippen molar-refractivity contribution in [2.45, 2.75) is 51.1 Å². The van der Waals surface area contributed by atoms with Gasteiger partial charge in [0.1, 0.15) is 0 Å². The summed E-state index contributed by atoms with van der Waals surface area (Å²) < 4.78 is 0. The van der Waals surface area contributed by atoms with Crippen LogP contribution < -0.4 is 10.2 Å². The Morgan fingerprint density at radius 3 is 2.74 bits per heavy atom. The van der Waals surface area contributed by atoms with Crippen LogP contribution in [0.5, 0.6) is 0 Å². The molecule has 1 aliphatic heterocycles. The topological polar surface area (TPSA) is 32.3 Å². The summed E-state index contributed by atoms with van der Waals surface area (Å²) in [6.45, 7) is 4.94. The molecule has 1 saturated carbocycles. The molecule has 0 saturated heterocycles. The molecule has 19 heavy (non-hydrogen) atoms. The predicted molar refractivity (Wildman–Crippen MR) is 77.4 cm³/mol. The number of carbonyl (C=O) groups excluding carboxylic acids is 1. The Morgan fingerprint density at radius 2 is 2.11 bits per heavy atom. The van der Waals surface area contributed by atoms with Gasteiger partial charge in [-0.3, -0.25) is 4.79 Å². The molecule has 0 atom stereocenters. The molecule has 102 valence electrons. The smallest absolute Gasteiger partial charge is 0.236 e. The second kappa shape index (κ2) is 4.34. The number of benzene rings is 1. The molecule has 1 heterocycles. The zero-order chi connectivity index (χ0) is 13.6. The molecule has 1 aromatic rings. The van der Waals surface area contributed by atoms with Crippen LogP contribution in [0.4, 0.5) is 5.69 Å². The zero-order valence-corrected chi connectivity index (χ0v) is 12.0. The maximum absolute atomic E-state index is 12.2. The molecule has 3 nitrogen and oxygen atoms in total. The summed E-state index contributed by atoms with van der Waals surface area (Å²) in [6.07, 6.45) is 3.96. The van der Waals surface area contributed by atoms with E-state index >= 15 is 0 Å². The molecule has 3 rings (SSSR count). The molecule has 0 spiro atoms. The maximum Gasteiger partial charge on any atom is 0.236 e. The van der Waals surface area contributed by atoms with Crippen molar-refractivity contribution in [1.82, 2.24) is 5.32 Å². The summed E-state index contributed by atoms with van der Waals surface area (Å²) in [5.74, 6) is 0.187. The highest BCUT2D eigenvalue weighted by molar-refractivity contribution is 6.07. The maximum atomic E-state index is 12.2. The molecule has 0 aromatic heterocycles. The third-order valence-electron chi connectivity index (χ3n) is 4.63. The minimum Gasteiger partial charge on any atom is -0.314 e. The molecule has 1 aliphatic carbocycles. The third-order valence-corrected chi connectivity index (χ3v) is 4.63. The monoisotopic (exact) mass is 258 g/mol. The van der Waals surface area contributed by atoms with Crippen molar-refractivity contribution in [1.29, 1.82) is 0 Å². The van der Waals surface area contributed by atoms with Crippen molar-refractivity contribution in [2.75, 3.05) is 11.9 Å². The van der Waals surface area contributed by atoms with E-state index in [2.05, 4.69) is 23.5 Å². The molecule has 1 aromatic carbocycles. The Kier molecular flexibility index (Phi) is 2.90. The number of amides is 1. The van der Waals surface area contributed by atoms with Gasteiger partial charge in [-0.25, -0.2) is 0 Å². The number of likely N-dealkylation sites (N-methyl/N-ethyl adjacent to an activating group) is 1. The minimum absolute atomic E-state index is 0.187. The largest absolute Gasteiger partial charge is 0.314 e. The Balaban J connectivity index is 1.83. The van der Waals surface area contributed by atoms with Gasteiger partial charge in [0.2, 0.25) is 5.91 Å². The molecule has 0 bridgehead atoms. The van der Waals surface area contributed by atoms with Crippen molar-refractivity contribution >= 4 is 11.6 Å². The fourth-order valence-corrected chi connectivity index (χ4v) is 3.00. The van der Waals surface area contributed by atoms with Gasteiger partial charge in [0, 0.05) is 25.3 Å². The van der Waals surface area contributed by atoms with Gasteiger partial charge in [-0.2, -0.15) is 0 Å². The van der Waals surface area contributed by atoms with Gasteiger partial charge >= 0.3 is 0 Å². The molecule has 1 amide bonds. The Labute approximate surface area is 115 Å². The molecule has 3 heteroatoms. The first kappa shape index (κ1) is 12.7. The summed E-state index contributed by atoms with van der Waals surface area (Å²) in [5, 5.41) is 3.58. The van der Waals surface area contributed by atoms with Crippen LogP contribution in [0.15, 0.2) is 18.2 Å². The first-order valence-electron chi connectivity index (χ1n) is 7.15. The van der Waals surface area contributed by atoms with E-state index in [1.807, 2.05) is 20.9 Å². The van der Waals surface area contributed by atoms with Crippen molar-refractivity contribution < 1.29 is 4.79 Å². The number of nitrogens with one attached hydrogen (secondary N) is 1. The van der Waals surface area contributed by atoms with Gasteiger partial charge < -0.3 is 10.2 Å². The van der Waals surface area contributed by atoms with E-state index in [4.69, 9.17) is 0 Å². The normalized spacial score (nSPS) is 21.4. The summed E-state index contributed by atoms with van der Waals surface area (Å²) in [4.78, 5) is 14.0. The van der Waals surface area contributed by atoms with Crippen molar-refractivity contribution in [3.05, 3.63) is 29.3 Å². The van der Waals surface area contributed by atoms with E-state index in [0.29, 0.717) is 6.04 Å². The van der Waals surface area contributed by atoms with E-state index in [-0.39, 0.29) is 5.91 Å². The van der Waals surface area contributed by atoms with Gasteiger partial charge in [0.15, 0.2) is 0 Å². The molecule has 0 radical (unpaired) electrons. The number of fused-ring (bicyclic) bond motifs is 1. The highest BCUT2D eigenvalue weighted by atomic mass is 16.2. The number of carbonyl (C=O) groups is 1. The average molecular weight is 258 g/mol. The van der Waals surface area contributed by atoms with E-state index in [9.17, 15) is 4.79 Å². The standard InChI is InChI=1S/C16H22N2O/c1-16(2)13-9-11(10-17-12-5-4-6-12)7-8-14(13)18(3)15(16)19/h7-9,12,17H,4-6,10H2,1-3H3. The van der Waals surface area contributed by atoms with Crippen LogP contribution in [-0.4, -0.2) is 19.0 Å². The van der Waals surface area contributed by atoms with Gasteiger partial charge in [-0.1, -0.05) is 18.6 Å². The second-order valence-electron chi connectivity index (χ2n) is 6.35. The number of rotatable bonds is 3. The zero-order valence-electron chi connectivity index (χ0n) is 12.0. The first-order chi connectivity index (χ1) is 9.00. The van der Waals surface area contributed by atoms with Crippen LogP contribution in [0.3, 0.4) is 0 Å². The van der Waals surface area contributed by atoms with Crippen LogP contribution in [0.2, 0.25) is 0 Å². The number of nitrogens with zero attached hydrogens (tertiary/aromatic N) is 1. The van der Waals surface area contributed by atoms with Crippen LogP contribution in [0.25, 0.3) is 0 Å². The van der Waals surface area contributed by atoms with Gasteiger partial charge in [0.05, 0.1) is 5.41 Å². The highest BCUT2D eigenvalue weighted by Gasteiger charge is 2.42. The molecular weight excluding hydrogens is 236 g/mol. The number of hydrogen-bond donors (Lipinski definition) is 1. The molecule has 2 aliphatic rings. The summed E-state index contributed by atoms with van der Waals surface area (Å²) in [6, 6.07) is 7.11. The Hall–Kier alpha value is -1.35. The lowest BCUT2D eigenvalue weighted by Gasteiger charge is -2.26. The molecule has 1 N–H and O–H groups in total. The van der Waals surface area contributed by atoms with E-state index < -0.39 is 5.41 Å². The van der Waals surface area contributed by atoms with Crippen LogP contribution in [-0.2, 0) is 16.8 Å². The number of hydrogen-bond acceptors (Lipinski definition) is 2. The SMILES string of the molecule is CN1C(=O)C(C)(C)c2cc(CNC3CCC3)ccc21. The lowest BCUT2D eigenvalue weighted by Crippen LogP contribution is -2.34. The molecule has 1 fully saturated rings. The summed E-state index contributed by atoms with van der Waals surface area (Å²) in [5.41, 5.74) is 3.11. The summed E-state index contributed by atoms with van der Waals surface area (Å²) >= 11 is 0. The first-order valence-corrected chi connectivity index (χ1v) is 7.15. The van der Waals surface area contributed by atoms with E-state index in [1.165, 1.54) is 24.8 Å².